The van der Waals surface area contributed by atoms with Crippen molar-refractivity contribution in [1.82, 2.24) is 4.98 Å². The molecule has 0 bridgehead atoms. The van der Waals surface area contributed by atoms with Gasteiger partial charge in [-0.1, -0.05) is 24.3 Å². The van der Waals surface area contributed by atoms with Crippen LogP contribution < -0.4 is 0 Å². The molecule has 3 heteroatoms. The Labute approximate surface area is 74.7 Å². The van der Waals surface area contributed by atoms with Crippen LogP contribution in [-0.2, 0) is 5.11 Å². The molecule has 1 radical (unpaired) electrons. The van der Waals surface area contributed by atoms with Crippen LogP contribution in [0.15, 0.2) is 36.4 Å². The number of benzene rings is 1. The molecule has 0 aliphatic rings. The zero-order valence-electron chi connectivity index (χ0n) is 6.73. The third-order valence-electron chi connectivity index (χ3n) is 1.81. The summed E-state index contributed by atoms with van der Waals surface area (Å²) in [6, 6.07) is 10.5. The number of rotatable bonds is 1. The Morgan fingerprint density at radius 3 is 2.62 bits per heavy atom. The highest BCUT2D eigenvalue weighted by Crippen LogP contribution is 2.11. The van der Waals surface area contributed by atoms with Gasteiger partial charge in [-0.15, -0.1) is 0 Å². The van der Waals surface area contributed by atoms with Crippen LogP contribution in [0.25, 0.3) is 10.9 Å². The predicted molar refractivity (Wildman–Crippen MR) is 46.8 cm³/mol. The van der Waals surface area contributed by atoms with Crippen LogP contribution in [0.1, 0.15) is 10.5 Å². The molecule has 2 aromatic rings. The van der Waals surface area contributed by atoms with Crippen molar-refractivity contribution in [3.8, 4) is 0 Å². The largest absolute Gasteiger partial charge is 0.404 e. The summed E-state index contributed by atoms with van der Waals surface area (Å²) in [5, 5.41) is 11.4. The van der Waals surface area contributed by atoms with Crippen molar-refractivity contribution in [3.05, 3.63) is 42.1 Å². The molecule has 1 aromatic carbocycles. The Morgan fingerprint density at radius 2 is 1.85 bits per heavy atom. The van der Waals surface area contributed by atoms with Crippen LogP contribution in [-0.4, -0.2) is 11.0 Å². The van der Waals surface area contributed by atoms with Gasteiger partial charge in [-0.25, -0.2) is 14.9 Å². The van der Waals surface area contributed by atoms with Crippen LogP contribution in [0.4, 0.5) is 0 Å². The average Bonchev–Trinajstić information content (AvgIpc) is 2.17. The second-order valence-electron chi connectivity index (χ2n) is 2.68. The lowest BCUT2D eigenvalue weighted by Crippen LogP contribution is -1.97. The molecule has 1 aromatic heterocycles. The average molecular weight is 172 g/mol. The molecule has 2 rings (SSSR count). The fraction of sp³-hybridized carbons (Fsp3) is 0. The van der Waals surface area contributed by atoms with Gasteiger partial charge in [0.05, 0.1) is 5.52 Å². The molecule has 0 atom stereocenters. The zero-order chi connectivity index (χ0) is 9.26. The Morgan fingerprint density at radius 1 is 1.08 bits per heavy atom. The lowest BCUT2D eigenvalue weighted by molar-refractivity contribution is 0.0567. The maximum atomic E-state index is 10.5. The second-order valence-corrected chi connectivity index (χ2v) is 2.68. The van der Waals surface area contributed by atoms with Gasteiger partial charge in [0.25, 0.3) is 0 Å². The highest BCUT2D eigenvalue weighted by atomic mass is 16.4. The monoisotopic (exact) mass is 172 g/mol. The third-order valence-corrected chi connectivity index (χ3v) is 1.81. The summed E-state index contributed by atoms with van der Waals surface area (Å²) in [7, 11) is 0. The van der Waals surface area contributed by atoms with Crippen molar-refractivity contribution in [1.29, 1.82) is 0 Å². The third kappa shape index (κ3) is 1.36. The zero-order valence-corrected chi connectivity index (χ0v) is 6.73. The lowest BCUT2D eigenvalue weighted by Gasteiger charge is -1.96. The van der Waals surface area contributed by atoms with Gasteiger partial charge in [0.2, 0.25) is 0 Å². The summed E-state index contributed by atoms with van der Waals surface area (Å²) < 4.78 is 0. The van der Waals surface area contributed by atoms with E-state index >= 15 is 0 Å². The van der Waals surface area contributed by atoms with Crippen molar-refractivity contribution in [2.45, 2.75) is 0 Å². The normalized spacial score (nSPS) is 10.2. The topological polar surface area (TPSA) is 49.9 Å². The van der Waals surface area contributed by atoms with Crippen molar-refractivity contribution in [2.75, 3.05) is 0 Å². The summed E-state index contributed by atoms with van der Waals surface area (Å²) in [6.45, 7) is 0. The van der Waals surface area contributed by atoms with E-state index in [1.807, 2.05) is 18.2 Å². The lowest BCUT2D eigenvalue weighted by atomic mass is 10.2. The van der Waals surface area contributed by atoms with Crippen LogP contribution in [0.2, 0.25) is 0 Å². The Kier molecular flexibility index (Phi) is 1.70. The summed E-state index contributed by atoms with van der Waals surface area (Å²) >= 11 is 0. The molecule has 0 unspecified atom stereocenters. The van der Waals surface area contributed by atoms with Gasteiger partial charge in [-0.3, -0.25) is 0 Å². The van der Waals surface area contributed by atoms with Crippen LogP contribution in [0.3, 0.4) is 0 Å². The molecule has 0 saturated carbocycles. The predicted octanol–water partition coefficient (Wildman–Crippen LogP) is 1.81. The molecule has 0 spiro atoms. The minimum Gasteiger partial charge on any atom is -0.241 e. The van der Waals surface area contributed by atoms with Gasteiger partial charge in [-0.2, -0.15) is 0 Å². The van der Waals surface area contributed by atoms with Crippen molar-refractivity contribution < 1.29 is 9.90 Å². The van der Waals surface area contributed by atoms with E-state index in [9.17, 15) is 9.90 Å². The molecule has 0 N–H and O–H groups in total. The SMILES string of the molecule is [O]C(=O)c1ccc2ccccc2n1. The molecule has 63 valence electrons. The first-order valence-corrected chi connectivity index (χ1v) is 3.84. The number of aromatic nitrogens is 1. The van der Waals surface area contributed by atoms with E-state index in [1.54, 1.807) is 12.1 Å². The van der Waals surface area contributed by atoms with E-state index in [2.05, 4.69) is 4.98 Å². The van der Waals surface area contributed by atoms with Gasteiger partial charge in [0.1, 0.15) is 0 Å². The molecule has 0 aliphatic heterocycles. The highest BCUT2D eigenvalue weighted by molar-refractivity contribution is 5.89. The molecule has 0 fully saturated rings. The highest BCUT2D eigenvalue weighted by Gasteiger charge is 2.06. The van der Waals surface area contributed by atoms with Gasteiger partial charge in [0.15, 0.2) is 5.69 Å². The van der Waals surface area contributed by atoms with E-state index in [-0.39, 0.29) is 5.69 Å². The molecule has 0 amide bonds. The number of hydrogen-bond acceptors (Lipinski definition) is 2. The first-order chi connectivity index (χ1) is 6.27. The Balaban J connectivity index is 2.69. The fourth-order valence-corrected chi connectivity index (χ4v) is 1.18. The number of carbonyl (C=O) groups is 1. The number of hydrogen-bond donors (Lipinski definition) is 0. The first-order valence-electron chi connectivity index (χ1n) is 3.84. The van der Waals surface area contributed by atoms with Gasteiger partial charge in [-0.05, 0) is 12.1 Å². The van der Waals surface area contributed by atoms with Gasteiger partial charge in [0, 0.05) is 5.39 Å². The van der Waals surface area contributed by atoms with Crippen molar-refractivity contribution in [2.24, 2.45) is 0 Å². The molecule has 0 aliphatic carbocycles. The van der Waals surface area contributed by atoms with Crippen LogP contribution in [0.5, 0.6) is 0 Å². The number of pyridine rings is 1. The molecule has 1 heterocycles. The Bertz CT molecular complexity index is 465. The molecule has 3 nitrogen and oxygen atoms in total. The molecule has 13 heavy (non-hydrogen) atoms. The number of para-hydroxylation sites is 1. The van der Waals surface area contributed by atoms with E-state index in [4.69, 9.17) is 0 Å². The van der Waals surface area contributed by atoms with E-state index in [1.165, 1.54) is 6.07 Å². The van der Waals surface area contributed by atoms with E-state index < -0.39 is 5.97 Å². The van der Waals surface area contributed by atoms with E-state index in [0.29, 0.717) is 5.52 Å². The van der Waals surface area contributed by atoms with E-state index in [0.717, 1.165) is 5.39 Å². The van der Waals surface area contributed by atoms with Crippen LogP contribution >= 0.6 is 0 Å². The quantitative estimate of drug-likeness (QED) is 0.658. The van der Waals surface area contributed by atoms with Gasteiger partial charge < -0.3 is 0 Å². The van der Waals surface area contributed by atoms with Crippen molar-refractivity contribution in [3.63, 3.8) is 0 Å². The fourth-order valence-electron chi connectivity index (χ4n) is 1.18. The summed E-state index contributed by atoms with van der Waals surface area (Å²) in [5.41, 5.74) is 0.642. The maximum Gasteiger partial charge on any atom is 0.404 e. The number of carbonyl (C=O) groups excluding carboxylic acids is 1. The summed E-state index contributed by atoms with van der Waals surface area (Å²) in [5.74, 6) is -1.24. The van der Waals surface area contributed by atoms with Crippen molar-refractivity contribution >= 4 is 16.9 Å². The summed E-state index contributed by atoms with van der Waals surface area (Å²) in [6.07, 6.45) is 0. The van der Waals surface area contributed by atoms with Crippen LogP contribution in [0, 0.1) is 0 Å². The molecule has 0 saturated heterocycles. The molecular formula is C10H6NO2. The minimum atomic E-state index is -1.24. The first kappa shape index (κ1) is 7.73. The molecular weight excluding hydrogens is 166 g/mol. The smallest absolute Gasteiger partial charge is 0.241 e. The maximum absolute atomic E-state index is 10.5. The Hall–Kier alpha value is -1.90. The minimum absolute atomic E-state index is 0.0290. The standard InChI is InChI=1S/C10H6NO2/c12-10(13)9-6-5-7-3-1-2-4-8(7)11-9/h1-6H. The van der Waals surface area contributed by atoms with Gasteiger partial charge >= 0.3 is 5.97 Å². The summed E-state index contributed by atoms with van der Waals surface area (Å²) in [4.78, 5) is 14.4. The number of fused-ring (bicyclic) bond motifs is 1. The second kappa shape index (κ2) is 2.86. The number of nitrogens with zero attached hydrogens (tertiary/aromatic N) is 1.